The maximum atomic E-state index is 13.1. The van der Waals surface area contributed by atoms with E-state index in [-0.39, 0.29) is 31.4 Å². The van der Waals surface area contributed by atoms with E-state index in [2.05, 4.69) is 46.3 Å². The first kappa shape index (κ1) is 28.9. The van der Waals surface area contributed by atoms with Gasteiger partial charge in [0.1, 0.15) is 0 Å². The van der Waals surface area contributed by atoms with E-state index in [9.17, 15) is 19.2 Å². The van der Waals surface area contributed by atoms with Crippen LogP contribution in [0.2, 0.25) is 0 Å². The van der Waals surface area contributed by atoms with Crippen LogP contribution >= 0.6 is 24.0 Å². The van der Waals surface area contributed by atoms with E-state index >= 15 is 0 Å². The number of nitrogens with one attached hydrogen (secondary N) is 3. The summed E-state index contributed by atoms with van der Waals surface area (Å²) in [6, 6.07) is 17.0. The lowest BCUT2D eigenvalue weighted by atomic mass is 10.00. The van der Waals surface area contributed by atoms with Crippen LogP contribution in [0, 0.1) is 0 Å². The number of hydrogen-bond acceptors (Lipinski definition) is 7. The fraction of sp³-hybridized carbons (Fsp3) is 0.286. The number of thiophene rings is 1. The number of amides is 3. The lowest BCUT2D eigenvalue weighted by molar-refractivity contribution is -0.144. The van der Waals surface area contributed by atoms with Gasteiger partial charge in [-0.15, -0.1) is 0 Å². The van der Waals surface area contributed by atoms with E-state index in [0.717, 1.165) is 16.7 Å². The van der Waals surface area contributed by atoms with Gasteiger partial charge in [-0.2, -0.15) is 24.0 Å². The van der Waals surface area contributed by atoms with Crippen LogP contribution in [0.15, 0.2) is 65.4 Å². The average molecular weight is 554 g/mol. The van der Waals surface area contributed by atoms with E-state index in [4.69, 9.17) is 4.74 Å². The highest BCUT2D eigenvalue weighted by Crippen LogP contribution is 2.25. The molecule has 38 heavy (non-hydrogen) atoms. The minimum Gasteiger partial charge on any atom is -0.466 e. The van der Waals surface area contributed by atoms with Crippen molar-refractivity contribution in [3.63, 3.8) is 0 Å². The number of esters is 1. The average Bonchev–Trinajstić information content (AvgIpc) is 3.46. The number of hydrogen-bond donors (Lipinski definition) is 4. The van der Waals surface area contributed by atoms with E-state index in [1.54, 1.807) is 42.5 Å². The van der Waals surface area contributed by atoms with Crippen LogP contribution in [0.3, 0.4) is 0 Å². The summed E-state index contributed by atoms with van der Waals surface area (Å²) >= 11 is 5.71. The molecule has 0 saturated heterocycles. The Hall–Kier alpha value is -3.63. The molecule has 10 heteroatoms. The quantitative estimate of drug-likeness (QED) is 0.161. The van der Waals surface area contributed by atoms with Gasteiger partial charge in [0.15, 0.2) is 0 Å². The Kier molecular flexibility index (Phi) is 10.9. The molecule has 1 heterocycles. The van der Waals surface area contributed by atoms with Gasteiger partial charge in [-0.25, -0.2) is 0 Å². The van der Waals surface area contributed by atoms with Gasteiger partial charge in [0.05, 0.1) is 24.3 Å². The maximum Gasteiger partial charge on any atom is 0.307 e. The molecule has 0 aliphatic heterocycles. The fourth-order valence-electron chi connectivity index (χ4n) is 3.73. The minimum atomic E-state index is -0.952. The molecule has 1 aromatic heterocycles. The molecular weight excluding hydrogens is 522 g/mol. The summed E-state index contributed by atoms with van der Waals surface area (Å²) in [5, 5.41) is 6.21. The second-order valence-electron chi connectivity index (χ2n) is 8.55. The highest BCUT2D eigenvalue weighted by Gasteiger charge is 2.20. The zero-order chi connectivity index (χ0) is 27.5. The molecule has 3 rings (SSSR count). The number of benzene rings is 2. The molecule has 200 valence electrons. The lowest BCUT2D eigenvalue weighted by Crippen LogP contribution is -2.45. The molecule has 8 nitrogen and oxygen atoms in total. The number of rotatable bonds is 11. The van der Waals surface area contributed by atoms with Crippen molar-refractivity contribution < 1.29 is 23.9 Å². The van der Waals surface area contributed by atoms with Gasteiger partial charge in [0.25, 0.3) is 11.8 Å². The Labute approximate surface area is 231 Å². The third-order valence-electron chi connectivity index (χ3n) is 5.77. The second kappa shape index (κ2) is 14.3. The van der Waals surface area contributed by atoms with Gasteiger partial charge in [0, 0.05) is 12.0 Å². The first-order valence-electron chi connectivity index (χ1n) is 12.2. The highest BCUT2D eigenvalue weighted by atomic mass is 32.1. The van der Waals surface area contributed by atoms with Crippen LogP contribution in [0.4, 0.5) is 0 Å². The number of carbonyl (C=O) groups is 4. The van der Waals surface area contributed by atoms with Crippen molar-refractivity contribution in [2.45, 2.75) is 44.4 Å². The highest BCUT2D eigenvalue weighted by molar-refractivity contribution is 7.81. The normalized spacial score (nSPS) is 12.2. The third-order valence-corrected chi connectivity index (χ3v) is 6.87. The van der Waals surface area contributed by atoms with Crippen molar-refractivity contribution >= 4 is 47.7 Å². The van der Waals surface area contributed by atoms with Crippen LogP contribution in [-0.2, 0) is 25.5 Å². The predicted molar refractivity (Wildman–Crippen MR) is 151 cm³/mol. The van der Waals surface area contributed by atoms with Crippen LogP contribution in [0.5, 0.6) is 0 Å². The molecule has 2 aromatic carbocycles. The molecular formula is C28H31N3O5S2. The van der Waals surface area contributed by atoms with Crippen LogP contribution in [0.1, 0.15) is 54.2 Å². The number of hydrazine groups is 1. The van der Waals surface area contributed by atoms with Gasteiger partial charge < -0.3 is 10.1 Å². The number of thiol groups is 1. The van der Waals surface area contributed by atoms with Crippen molar-refractivity contribution in [2.24, 2.45) is 0 Å². The summed E-state index contributed by atoms with van der Waals surface area (Å²) in [6.07, 6.45) is 0.121. The number of carbonyl (C=O) groups excluding carboxylic acids is 4. The summed E-state index contributed by atoms with van der Waals surface area (Å²) in [5.41, 5.74) is 8.98. The van der Waals surface area contributed by atoms with Crippen molar-refractivity contribution in [3.8, 4) is 11.1 Å². The standard InChI is InChI=1S/C28H31N3O5S2/c1-3-36-26(33)16-24(37)28(35)31-30-25(32)12-11-19-7-4-5-10-23(19)27(34)29-18(2)20-8-6-9-21(15-20)22-13-14-38-17-22/h4-10,13-15,17-18,24,37H,3,11-12,16H2,1-2H3,(H,29,34)(H,30,32)(H,31,35)/t18-,24-/m1/s1. The molecule has 3 N–H and O–H groups in total. The summed E-state index contributed by atoms with van der Waals surface area (Å²) in [5.74, 6) is -1.84. The smallest absolute Gasteiger partial charge is 0.307 e. The predicted octanol–water partition coefficient (Wildman–Crippen LogP) is 4.24. The van der Waals surface area contributed by atoms with Crippen molar-refractivity contribution in [1.82, 2.24) is 16.2 Å². The monoisotopic (exact) mass is 553 g/mol. The van der Waals surface area contributed by atoms with E-state index in [1.807, 2.05) is 30.5 Å². The maximum absolute atomic E-state index is 13.1. The molecule has 2 atom stereocenters. The minimum absolute atomic E-state index is 0.0396. The SMILES string of the molecule is CCOC(=O)C[C@@H](S)C(=O)NNC(=O)CCc1ccccc1C(=O)N[C@H](C)c1cccc(-c2ccsc2)c1. The largest absolute Gasteiger partial charge is 0.466 e. The molecule has 0 radical (unpaired) electrons. The zero-order valence-electron chi connectivity index (χ0n) is 21.2. The molecule has 0 bridgehead atoms. The molecule has 3 aromatic rings. The molecule has 0 unspecified atom stereocenters. The fourth-order valence-corrected chi connectivity index (χ4v) is 4.61. The Morgan fingerprint density at radius 1 is 1.00 bits per heavy atom. The van der Waals surface area contributed by atoms with E-state index < -0.39 is 23.0 Å². The van der Waals surface area contributed by atoms with Gasteiger partial charge >= 0.3 is 5.97 Å². The summed E-state index contributed by atoms with van der Waals surface area (Å²) in [6.45, 7) is 3.80. The molecule has 0 aliphatic rings. The summed E-state index contributed by atoms with van der Waals surface area (Å²) in [4.78, 5) is 49.0. The summed E-state index contributed by atoms with van der Waals surface area (Å²) in [7, 11) is 0. The Morgan fingerprint density at radius 2 is 1.79 bits per heavy atom. The molecule has 0 fully saturated rings. The van der Waals surface area contributed by atoms with Crippen LogP contribution in [0.25, 0.3) is 11.1 Å². The van der Waals surface area contributed by atoms with Gasteiger partial charge in [0.2, 0.25) is 5.91 Å². The first-order chi connectivity index (χ1) is 18.3. The van der Waals surface area contributed by atoms with Crippen LogP contribution < -0.4 is 16.2 Å². The number of ether oxygens (including phenoxy) is 1. The van der Waals surface area contributed by atoms with Gasteiger partial charge in [-0.3, -0.25) is 30.0 Å². The Morgan fingerprint density at radius 3 is 2.53 bits per heavy atom. The molecule has 0 spiro atoms. The number of aryl methyl sites for hydroxylation is 1. The van der Waals surface area contributed by atoms with E-state index in [1.165, 1.54) is 0 Å². The Bertz CT molecular complexity index is 1260. The van der Waals surface area contributed by atoms with Crippen molar-refractivity contribution in [3.05, 3.63) is 82.0 Å². The van der Waals surface area contributed by atoms with E-state index in [0.29, 0.717) is 17.5 Å². The molecule has 0 aliphatic carbocycles. The topological polar surface area (TPSA) is 114 Å². The van der Waals surface area contributed by atoms with Crippen molar-refractivity contribution in [1.29, 1.82) is 0 Å². The zero-order valence-corrected chi connectivity index (χ0v) is 22.9. The summed E-state index contributed by atoms with van der Waals surface area (Å²) < 4.78 is 4.79. The van der Waals surface area contributed by atoms with Crippen molar-refractivity contribution in [2.75, 3.05) is 6.61 Å². The Balaban J connectivity index is 1.54. The first-order valence-corrected chi connectivity index (χ1v) is 13.7. The molecule has 0 saturated carbocycles. The second-order valence-corrected chi connectivity index (χ2v) is 9.96. The van der Waals surface area contributed by atoms with Gasteiger partial charge in [-0.1, -0.05) is 36.4 Å². The molecule has 3 amide bonds. The third kappa shape index (κ3) is 8.46. The van der Waals surface area contributed by atoms with Gasteiger partial charge in [-0.05, 0) is 71.5 Å². The lowest BCUT2D eigenvalue weighted by Gasteiger charge is -2.17. The van der Waals surface area contributed by atoms with Crippen LogP contribution in [-0.4, -0.2) is 35.5 Å².